The van der Waals surface area contributed by atoms with Crippen LogP contribution >= 0.6 is 0 Å². The Labute approximate surface area is 87.7 Å². The molecule has 82 valence electrons. The standard InChI is InChI=1S/C10H14N2O3/c13-10(9-2-1-5-14-9)12-15-7-8-3-4-11-6-8/h1-2,5,8,11H,3-4,6-7H2,(H,12,13). The summed E-state index contributed by atoms with van der Waals surface area (Å²) in [5.74, 6) is 0.410. The highest BCUT2D eigenvalue weighted by molar-refractivity contribution is 5.90. The van der Waals surface area contributed by atoms with Gasteiger partial charge < -0.3 is 9.73 Å². The van der Waals surface area contributed by atoms with Gasteiger partial charge in [-0.1, -0.05) is 0 Å². The van der Waals surface area contributed by atoms with Crippen molar-refractivity contribution in [1.29, 1.82) is 0 Å². The molecule has 1 atom stereocenters. The summed E-state index contributed by atoms with van der Waals surface area (Å²) in [5, 5.41) is 3.23. The predicted octanol–water partition coefficient (Wildman–Crippen LogP) is 0.550. The van der Waals surface area contributed by atoms with Gasteiger partial charge in [0, 0.05) is 6.54 Å². The van der Waals surface area contributed by atoms with Crippen LogP contribution in [-0.4, -0.2) is 25.6 Å². The van der Waals surface area contributed by atoms with Crippen LogP contribution in [0.5, 0.6) is 0 Å². The van der Waals surface area contributed by atoms with Gasteiger partial charge in [-0.2, -0.15) is 0 Å². The number of rotatable bonds is 4. The van der Waals surface area contributed by atoms with Crippen LogP contribution in [0.25, 0.3) is 0 Å². The van der Waals surface area contributed by atoms with Crippen molar-refractivity contribution in [3.63, 3.8) is 0 Å². The van der Waals surface area contributed by atoms with Gasteiger partial charge in [0.2, 0.25) is 0 Å². The van der Waals surface area contributed by atoms with Gasteiger partial charge in [0.05, 0.1) is 12.9 Å². The lowest BCUT2D eigenvalue weighted by molar-refractivity contribution is 0.0168. The molecule has 15 heavy (non-hydrogen) atoms. The average Bonchev–Trinajstić information content (AvgIpc) is 2.90. The van der Waals surface area contributed by atoms with Crippen molar-refractivity contribution >= 4 is 5.91 Å². The highest BCUT2D eigenvalue weighted by Gasteiger charge is 2.15. The van der Waals surface area contributed by atoms with E-state index in [0.29, 0.717) is 12.5 Å². The van der Waals surface area contributed by atoms with E-state index in [9.17, 15) is 4.79 Å². The maximum absolute atomic E-state index is 11.3. The molecule has 1 aliphatic heterocycles. The fourth-order valence-electron chi connectivity index (χ4n) is 1.54. The zero-order valence-electron chi connectivity index (χ0n) is 8.36. The molecule has 0 saturated carbocycles. The SMILES string of the molecule is O=C(NOCC1CCNC1)c1ccco1. The lowest BCUT2D eigenvalue weighted by Crippen LogP contribution is -2.26. The van der Waals surface area contributed by atoms with E-state index in [-0.39, 0.29) is 11.7 Å². The van der Waals surface area contributed by atoms with E-state index < -0.39 is 0 Å². The van der Waals surface area contributed by atoms with Crippen LogP contribution in [0.15, 0.2) is 22.8 Å². The first-order valence-electron chi connectivity index (χ1n) is 5.02. The zero-order valence-corrected chi connectivity index (χ0v) is 8.36. The molecule has 0 bridgehead atoms. The van der Waals surface area contributed by atoms with Crippen molar-refractivity contribution in [2.45, 2.75) is 6.42 Å². The quantitative estimate of drug-likeness (QED) is 0.712. The molecular formula is C10H14N2O3. The largest absolute Gasteiger partial charge is 0.459 e. The highest BCUT2D eigenvalue weighted by atomic mass is 16.7. The van der Waals surface area contributed by atoms with E-state index in [1.807, 2.05) is 0 Å². The van der Waals surface area contributed by atoms with E-state index in [1.165, 1.54) is 6.26 Å². The Morgan fingerprint density at radius 2 is 2.67 bits per heavy atom. The molecule has 1 aliphatic rings. The number of carbonyl (C=O) groups excluding carboxylic acids is 1. The lowest BCUT2D eigenvalue weighted by atomic mass is 10.1. The third kappa shape index (κ3) is 2.81. The van der Waals surface area contributed by atoms with Crippen molar-refractivity contribution in [2.75, 3.05) is 19.7 Å². The Bertz CT molecular complexity index is 304. The number of hydroxylamine groups is 1. The highest BCUT2D eigenvalue weighted by Crippen LogP contribution is 2.07. The number of hydrogen-bond acceptors (Lipinski definition) is 4. The molecule has 2 N–H and O–H groups in total. The van der Waals surface area contributed by atoms with Gasteiger partial charge in [0.25, 0.3) is 0 Å². The normalized spacial score (nSPS) is 20.4. The van der Waals surface area contributed by atoms with Gasteiger partial charge in [-0.25, -0.2) is 5.48 Å². The molecule has 1 saturated heterocycles. The molecule has 5 nitrogen and oxygen atoms in total. The van der Waals surface area contributed by atoms with Crippen molar-refractivity contribution in [3.8, 4) is 0 Å². The molecule has 1 unspecified atom stereocenters. The van der Waals surface area contributed by atoms with Crippen LogP contribution in [0.4, 0.5) is 0 Å². The van der Waals surface area contributed by atoms with Crippen molar-refractivity contribution in [1.82, 2.24) is 10.8 Å². The Kier molecular flexibility index (Phi) is 3.37. The second-order valence-corrected chi connectivity index (χ2v) is 3.58. The molecule has 1 fully saturated rings. The summed E-state index contributed by atoms with van der Waals surface area (Å²) in [6, 6.07) is 3.26. The summed E-state index contributed by atoms with van der Waals surface area (Å²) in [7, 11) is 0. The van der Waals surface area contributed by atoms with Crippen molar-refractivity contribution < 1.29 is 14.0 Å². The Morgan fingerprint density at radius 3 is 3.33 bits per heavy atom. The minimum Gasteiger partial charge on any atom is -0.459 e. The molecule has 0 radical (unpaired) electrons. The first-order chi connectivity index (χ1) is 7.36. The molecule has 1 aromatic rings. The molecule has 0 aromatic carbocycles. The Balaban J connectivity index is 1.67. The van der Waals surface area contributed by atoms with Crippen LogP contribution in [0.2, 0.25) is 0 Å². The molecule has 2 rings (SSSR count). The van der Waals surface area contributed by atoms with Crippen LogP contribution in [0, 0.1) is 5.92 Å². The Hall–Kier alpha value is -1.33. The molecule has 1 aromatic heterocycles. The number of hydrogen-bond donors (Lipinski definition) is 2. The summed E-state index contributed by atoms with van der Waals surface area (Å²) in [4.78, 5) is 16.4. The number of nitrogens with one attached hydrogen (secondary N) is 2. The minimum absolute atomic E-state index is 0.263. The first-order valence-corrected chi connectivity index (χ1v) is 5.02. The third-order valence-electron chi connectivity index (χ3n) is 2.39. The molecule has 2 heterocycles. The second-order valence-electron chi connectivity index (χ2n) is 3.58. The zero-order chi connectivity index (χ0) is 10.5. The predicted molar refractivity (Wildman–Crippen MR) is 53.1 cm³/mol. The molecule has 1 amide bonds. The van der Waals surface area contributed by atoms with Crippen molar-refractivity contribution in [3.05, 3.63) is 24.2 Å². The second kappa shape index (κ2) is 4.95. The minimum atomic E-state index is -0.342. The summed E-state index contributed by atoms with van der Waals surface area (Å²) in [6.07, 6.45) is 2.55. The van der Waals surface area contributed by atoms with Crippen molar-refractivity contribution in [2.24, 2.45) is 5.92 Å². The fraction of sp³-hybridized carbons (Fsp3) is 0.500. The smallest absolute Gasteiger partial charge is 0.310 e. The van der Waals surface area contributed by atoms with E-state index in [4.69, 9.17) is 9.25 Å². The molecule has 0 spiro atoms. The first kappa shape index (κ1) is 10.2. The van der Waals surface area contributed by atoms with Gasteiger partial charge in [-0.15, -0.1) is 0 Å². The molecule has 0 aliphatic carbocycles. The van der Waals surface area contributed by atoms with E-state index >= 15 is 0 Å². The summed E-state index contributed by atoms with van der Waals surface area (Å²) >= 11 is 0. The maximum atomic E-state index is 11.3. The monoisotopic (exact) mass is 210 g/mol. The van der Waals surface area contributed by atoms with Gasteiger partial charge in [-0.05, 0) is 31.0 Å². The van der Waals surface area contributed by atoms with Gasteiger partial charge in [-0.3, -0.25) is 9.63 Å². The topological polar surface area (TPSA) is 63.5 Å². The van der Waals surface area contributed by atoms with Gasteiger partial charge in [0.1, 0.15) is 0 Å². The van der Waals surface area contributed by atoms with Crippen LogP contribution < -0.4 is 10.8 Å². The average molecular weight is 210 g/mol. The van der Waals surface area contributed by atoms with Crippen LogP contribution in [0.1, 0.15) is 17.0 Å². The molecular weight excluding hydrogens is 196 g/mol. The fourth-order valence-corrected chi connectivity index (χ4v) is 1.54. The maximum Gasteiger partial charge on any atom is 0.310 e. The van der Waals surface area contributed by atoms with Gasteiger partial charge >= 0.3 is 5.91 Å². The van der Waals surface area contributed by atoms with E-state index in [1.54, 1.807) is 12.1 Å². The van der Waals surface area contributed by atoms with Crippen LogP contribution in [0.3, 0.4) is 0 Å². The third-order valence-corrected chi connectivity index (χ3v) is 2.39. The van der Waals surface area contributed by atoms with E-state index in [2.05, 4.69) is 10.8 Å². The number of amides is 1. The van der Waals surface area contributed by atoms with Crippen LogP contribution in [-0.2, 0) is 4.84 Å². The van der Waals surface area contributed by atoms with Gasteiger partial charge in [0.15, 0.2) is 5.76 Å². The summed E-state index contributed by atoms with van der Waals surface area (Å²) < 4.78 is 4.91. The summed E-state index contributed by atoms with van der Waals surface area (Å²) in [5.41, 5.74) is 2.35. The summed E-state index contributed by atoms with van der Waals surface area (Å²) in [6.45, 7) is 2.52. The molecule has 5 heteroatoms. The lowest BCUT2D eigenvalue weighted by Gasteiger charge is -2.08. The van der Waals surface area contributed by atoms with E-state index in [0.717, 1.165) is 19.5 Å². The number of furan rings is 1. The number of carbonyl (C=O) groups is 1. The Morgan fingerprint density at radius 1 is 1.73 bits per heavy atom.